The van der Waals surface area contributed by atoms with Gasteiger partial charge in [-0.1, -0.05) is 23.7 Å². The van der Waals surface area contributed by atoms with Gasteiger partial charge in [-0.3, -0.25) is 4.79 Å². The van der Waals surface area contributed by atoms with Gasteiger partial charge >= 0.3 is 5.97 Å². The maximum Gasteiger partial charge on any atom is 0.307 e. The number of ether oxygens (including phenoxy) is 1. The van der Waals surface area contributed by atoms with Crippen LogP contribution in [0.15, 0.2) is 48.5 Å². The predicted octanol–water partition coefficient (Wildman–Crippen LogP) is 5.09. The molecule has 0 amide bonds. The lowest BCUT2D eigenvalue weighted by Crippen LogP contribution is -2.03. The quantitative estimate of drug-likeness (QED) is 0.710. The zero-order chi connectivity index (χ0) is 18.0. The molecule has 3 aromatic rings. The Bertz CT molecular complexity index is 1000. The Kier molecular flexibility index (Phi) is 4.60. The fourth-order valence-corrected chi connectivity index (χ4v) is 2.86. The van der Waals surface area contributed by atoms with Gasteiger partial charge in [0.1, 0.15) is 11.5 Å². The van der Waals surface area contributed by atoms with E-state index in [2.05, 4.69) is 6.07 Å². The number of fused-ring (bicyclic) bond motifs is 1. The van der Waals surface area contributed by atoms with Crippen LogP contribution in [-0.2, 0) is 11.2 Å². The third-order valence-electron chi connectivity index (χ3n) is 3.96. The van der Waals surface area contributed by atoms with Crippen LogP contribution in [0.5, 0.6) is 11.5 Å². The Hall–Kier alpha value is -3.03. The van der Waals surface area contributed by atoms with Crippen LogP contribution in [0.25, 0.3) is 10.8 Å². The van der Waals surface area contributed by atoms with Gasteiger partial charge in [-0.05, 0) is 59.8 Å². The maximum absolute atomic E-state index is 11.2. The van der Waals surface area contributed by atoms with Crippen molar-refractivity contribution in [3.8, 4) is 17.6 Å². The van der Waals surface area contributed by atoms with Crippen molar-refractivity contribution in [2.45, 2.75) is 13.3 Å². The largest absolute Gasteiger partial charge is 0.481 e. The summed E-state index contributed by atoms with van der Waals surface area (Å²) in [6, 6.07) is 16.1. The summed E-state index contributed by atoms with van der Waals surface area (Å²) in [7, 11) is 0. The highest BCUT2D eigenvalue weighted by atomic mass is 35.5. The lowest BCUT2D eigenvalue weighted by molar-refractivity contribution is -0.136. The first kappa shape index (κ1) is 16.8. The average Bonchev–Trinajstić information content (AvgIpc) is 2.59. The van der Waals surface area contributed by atoms with Crippen molar-refractivity contribution >= 4 is 28.3 Å². The van der Waals surface area contributed by atoms with E-state index in [0.717, 1.165) is 16.3 Å². The molecule has 5 heteroatoms. The maximum atomic E-state index is 11.2. The number of hydrogen-bond acceptors (Lipinski definition) is 3. The van der Waals surface area contributed by atoms with Crippen molar-refractivity contribution in [3.05, 3.63) is 70.2 Å². The Morgan fingerprint density at radius 2 is 1.92 bits per heavy atom. The van der Waals surface area contributed by atoms with Crippen LogP contribution in [0, 0.1) is 18.3 Å². The molecule has 0 aliphatic carbocycles. The minimum atomic E-state index is -0.902. The lowest BCUT2D eigenvalue weighted by Gasteiger charge is -2.16. The number of hydrogen-bond donors (Lipinski definition) is 1. The molecule has 0 radical (unpaired) electrons. The zero-order valence-electron chi connectivity index (χ0n) is 13.4. The molecule has 0 saturated carbocycles. The second-order valence-electron chi connectivity index (χ2n) is 5.66. The molecule has 0 spiro atoms. The summed E-state index contributed by atoms with van der Waals surface area (Å²) < 4.78 is 6.04. The van der Waals surface area contributed by atoms with Gasteiger partial charge in [0.2, 0.25) is 0 Å². The monoisotopic (exact) mass is 351 g/mol. The van der Waals surface area contributed by atoms with E-state index < -0.39 is 5.97 Å². The summed E-state index contributed by atoms with van der Waals surface area (Å²) in [6.45, 7) is 1.83. The normalized spacial score (nSPS) is 10.4. The number of carbonyl (C=O) groups is 1. The zero-order valence-corrected chi connectivity index (χ0v) is 14.2. The molecule has 1 N–H and O–H groups in total. The van der Waals surface area contributed by atoms with Crippen molar-refractivity contribution in [2.24, 2.45) is 0 Å². The summed E-state index contributed by atoms with van der Waals surface area (Å²) in [5.41, 5.74) is 1.98. The topological polar surface area (TPSA) is 70.3 Å². The van der Waals surface area contributed by atoms with Crippen molar-refractivity contribution < 1.29 is 14.6 Å². The van der Waals surface area contributed by atoms with E-state index in [4.69, 9.17) is 26.7 Å². The minimum absolute atomic E-state index is 0.0892. The van der Waals surface area contributed by atoms with Gasteiger partial charge in [0, 0.05) is 10.4 Å². The fraction of sp³-hybridized carbons (Fsp3) is 0.100. The van der Waals surface area contributed by atoms with Crippen LogP contribution in [0.3, 0.4) is 0 Å². The SMILES string of the molecule is Cc1c(CC(=O)O)cc2ccc(Cl)cc2c1Oc1ccc(C#N)cc1. The summed E-state index contributed by atoms with van der Waals surface area (Å²) >= 11 is 6.12. The molecule has 4 nitrogen and oxygen atoms in total. The Labute approximate surface area is 149 Å². The van der Waals surface area contributed by atoms with E-state index in [-0.39, 0.29) is 6.42 Å². The number of nitrogens with zero attached hydrogens (tertiary/aromatic N) is 1. The van der Waals surface area contributed by atoms with Crippen LogP contribution in [0.4, 0.5) is 0 Å². The van der Waals surface area contributed by atoms with Crippen LogP contribution in [0.1, 0.15) is 16.7 Å². The molecule has 0 bridgehead atoms. The van der Waals surface area contributed by atoms with Gasteiger partial charge in [0.05, 0.1) is 18.1 Å². The number of carboxylic acids is 1. The van der Waals surface area contributed by atoms with Gasteiger partial charge in [-0.2, -0.15) is 5.26 Å². The lowest BCUT2D eigenvalue weighted by atomic mass is 9.98. The third-order valence-corrected chi connectivity index (χ3v) is 4.19. The van der Waals surface area contributed by atoms with E-state index in [1.165, 1.54) is 0 Å². The molecule has 0 unspecified atom stereocenters. The first-order valence-electron chi connectivity index (χ1n) is 7.59. The highest BCUT2D eigenvalue weighted by molar-refractivity contribution is 6.31. The van der Waals surface area contributed by atoms with Gasteiger partial charge in [-0.15, -0.1) is 0 Å². The number of benzene rings is 3. The van der Waals surface area contributed by atoms with Crippen LogP contribution in [0.2, 0.25) is 5.02 Å². The average molecular weight is 352 g/mol. The van der Waals surface area contributed by atoms with Crippen LogP contribution >= 0.6 is 11.6 Å². The number of rotatable bonds is 4. The van der Waals surface area contributed by atoms with Crippen LogP contribution < -0.4 is 4.74 Å². The molecule has 0 atom stereocenters. The highest BCUT2D eigenvalue weighted by Gasteiger charge is 2.15. The van der Waals surface area contributed by atoms with E-state index >= 15 is 0 Å². The summed E-state index contributed by atoms with van der Waals surface area (Å²) in [5.74, 6) is 0.234. The molecule has 0 aliphatic rings. The van der Waals surface area contributed by atoms with E-state index in [1.54, 1.807) is 36.4 Å². The van der Waals surface area contributed by atoms with Crippen LogP contribution in [-0.4, -0.2) is 11.1 Å². The Balaban J connectivity index is 2.15. The second-order valence-corrected chi connectivity index (χ2v) is 6.10. The predicted molar refractivity (Wildman–Crippen MR) is 96.3 cm³/mol. The fourth-order valence-electron chi connectivity index (χ4n) is 2.69. The number of aliphatic carboxylic acids is 1. The molecule has 3 rings (SSSR count). The Morgan fingerprint density at radius 1 is 1.20 bits per heavy atom. The molecule has 0 aliphatic heterocycles. The Morgan fingerprint density at radius 3 is 2.56 bits per heavy atom. The van der Waals surface area contributed by atoms with Crippen molar-refractivity contribution in [1.29, 1.82) is 5.26 Å². The van der Waals surface area contributed by atoms with Gasteiger partial charge in [-0.25, -0.2) is 0 Å². The molecule has 25 heavy (non-hydrogen) atoms. The van der Waals surface area contributed by atoms with Gasteiger partial charge < -0.3 is 9.84 Å². The molecular formula is C20H14ClNO3. The van der Waals surface area contributed by atoms with E-state index in [1.807, 2.05) is 19.1 Å². The first-order chi connectivity index (χ1) is 12.0. The smallest absolute Gasteiger partial charge is 0.307 e. The molecule has 0 heterocycles. The second kappa shape index (κ2) is 6.84. The van der Waals surface area contributed by atoms with Gasteiger partial charge in [0.25, 0.3) is 0 Å². The molecule has 0 saturated heterocycles. The standard InChI is InChI=1S/C20H14ClNO3/c1-12-15(9-19(23)24)8-14-4-5-16(21)10-18(14)20(12)25-17-6-2-13(11-22)3-7-17/h2-8,10H,9H2,1H3,(H,23,24). The summed E-state index contributed by atoms with van der Waals surface area (Å²) in [4.78, 5) is 11.2. The molecular weight excluding hydrogens is 338 g/mol. The number of halogens is 1. The van der Waals surface area contributed by atoms with Crippen molar-refractivity contribution in [3.63, 3.8) is 0 Å². The van der Waals surface area contributed by atoms with Gasteiger partial charge in [0.15, 0.2) is 0 Å². The first-order valence-corrected chi connectivity index (χ1v) is 7.97. The van der Waals surface area contributed by atoms with E-state index in [9.17, 15) is 4.79 Å². The van der Waals surface area contributed by atoms with E-state index in [0.29, 0.717) is 27.6 Å². The highest BCUT2D eigenvalue weighted by Crippen LogP contribution is 2.37. The molecule has 3 aromatic carbocycles. The van der Waals surface area contributed by atoms with Crippen molar-refractivity contribution in [2.75, 3.05) is 0 Å². The molecule has 124 valence electrons. The molecule has 0 aromatic heterocycles. The molecule has 0 fully saturated rings. The minimum Gasteiger partial charge on any atom is -0.481 e. The summed E-state index contributed by atoms with van der Waals surface area (Å²) in [5, 5.41) is 20.3. The number of carboxylic acid groups (broad SMARTS) is 1. The van der Waals surface area contributed by atoms with Crippen molar-refractivity contribution in [1.82, 2.24) is 0 Å². The third kappa shape index (κ3) is 3.57. The number of nitriles is 1. The summed E-state index contributed by atoms with van der Waals surface area (Å²) in [6.07, 6.45) is -0.0892.